The van der Waals surface area contributed by atoms with Crippen LogP contribution < -0.4 is 9.47 Å². The van der Waals surface area contributed by atoms with Crippen molar-refractivity contribution in [2.75, 3.05) is 21.3 Å². The number of aliphatic imine (C=N–C) groups is 1. The van der Waals surface area contributed by atoms with Gasteiger partial charge in [-0.15, -0.1) is 0 Å². The van der Waals surface area contributed by atoms with Crippen LogP contribution in [0.25, 0.3) is 6.08 Å². The van der Waals surface area contributed by atoms with Crippen LogP contribution in [0.2, 0.25) is 0 Å². The summed E-state index contributed by atoms with van der Waals surface area (Å²) in [5.74, 6) is 1.24. The molecule has 2 aromatic carbocycles. The van der Waals surface area contributed by atoms with Crippen LogP contribution in [0, 0.1) is 0 Å². The van der Waals surface area contributed by atoms with Crippen molar-refractivity contribution in [2.45, 2.75) is 6.04 Å². The third kappa shape index (κ3) is 3.13. The Hall–Kier alpha value is -3.28. The zero-order chi connectivity index (χ0) is 18.7. The Morgan fingerprint density at radius 2 is 1.73 bits per heavy atom. The molecule has 1 heterocycles. The molecule has 1 atom stereocenters. The number of likely N-dealkylation sites (N-methyl/N-ethyl adjacent to an activating group) is 1. The molecular formula is C20H20N2O4. The fourth-order valence-corrected chi connectivity index (χ4v) is 2.90. The Morgan fingerprint density at radius 1 is 1.12 bits per heavy atom. The zero-order valence-electron chi connectivity index (χ0n) is 14.8. The topological polar surface area (TPSA) is 71.4 Å². The smallest absolute Gasteiger partial charge is 0.200 e. The van der Waals surface area contributed by atoms with Crippen molar-refractivity contribution in [1.29, 1.82) is 0 Å². The highest BCUT2D eigenvalue weighted by Gasteiger charge is 2.29. The summed E-state index contributed by atoms with van der Waals surface area (Å²) in [6, 6.07) is 12.5. The van der Waals surface area contributed by atoms with Crippen LogP contribution >= 0.6 is 0 Å². The minimum absolute atomic E-state index is 0.0684. The summed E-state index contributed by atoms with van der Waals surface area (Å²) in [5, 5.41) is 10.0. The van der Waals surface area contributed by atoms with Crippen molar-refractivity contribution in [3.05, 3.63) is 59.3 Å². The van der Waals surface area contributed by atoms with Gasteiger partial charge in [0.25, 0.3) is 0 Å². The fraction of sp³-hybridized carbons (Fsp3) is 0.200. The Kier molecular flexibility index (Phi) is 4.93. The number of carbonyl (C=O) groups excluding carboxylic acids is 1. The lowest BCUT2D eigenvalue weighted by Gasteiger charge is -2.19. The highest BCUT2D eigenvalue weighted by Crippen LogP contribution is 2.38. The van der Waals surface area contributed by atoms with Gasteiger partial charge in [0.1, 0.15) is 18.2 Å². The number of methoxy groups -OCH3 is 2. The lowest BCUT2D eigenvalue weighted by Crippen LogP contribution is -2.33. The molecule has 0 spiro atoms. The number of benzene rings is 2. The van der Waals surface area contributed by atoms with E-state index >= 15 is 0 Å². The van der Waals surface area contributed by atoms with E-state index in [1.807, 2.05) is 42.3 Å². The third-order valence-electron chi connectivity index (χ3n) is 4.27. The molecule has 0 fully saturated rings. The number of nitrogens with zero attached hydrogens (tertiary/aromatic N) is 2. The number of aromatic hydroxyl groups is 1. The number of rotatable bonds is 5. The van der Waals surface area contributed by atoms with Gasteiger partial charge in [0, 0.05) is 12.6 Å². The Morgan fingerprint density at radius 3 is 2.27 bits per heavy atom. The van der Waals surface area contributed by atoms with Crippen LogP contribution in [0.3, 0.4) is 0 Å². The quantitative estimate of drug-likeness (QED) is 0.838. The molecule has 2 aromatic rings. The van der Waals surface area contributed by atoms with Gasteiger partial charge < -0.3 is 24.3 Å². The number of ether oxygens (including phenoxy) is 2. The predicted octanol–water partition coefficient (Wildman–Crippen LogP) is 2.71. The van der Waals surface area contributed by atoms with Crippen molar-refractivity contribution in [3.63, 3.8) is 0 Å². The van der Waals surface area contributed by atoms with E-state index in [0.717, 1.165) is 17.7 Å². The lowest BCUT2D eigenvalue weighted by molar-refractivity contribution is -0.109. The summed E-state index contributed by atoms with van der Waals surface area (Å²) in [4.78, 5) is 18.1. The first-order chi connectivity index (χ1) is 12.6. The second-order valence-electron chi connectivity index (χ2n) is 5.84. The number of amidine groups is 1. The minimum Gasteiger partial charge on any atom is -0.502 e. The van der Waals surface area contributed by atoms with Crippen LogP contribution in [0.4, 0.5) is 0 Å². The van der Waals surface area contributed by atoms with Gasteiger partial charge in [-0.2, -0.15) is 0 Å². The van der Waals surface area contributed by atoms with E-state index in [0.29, 0.717) is 11.3 Å². The monoisotopic (exact) mass is 352 g/mol. The number of carbonyl (C=O) groups is 1. The van der Waals surface area contributed by atoms with E-state index in [9.17, 15) is 9.90 Å². The van der Waals surface area contributed by atoms with Crippen molar-refractivity contribution in [1.82, 2.24) is 4.90 Å². The maximum Gasteiger partial charge on any atom is 0.200 e. The van der Waals surface area contributed by atoms with Crippen LogP contribution in [0.1, 0.15) is 11.1 Å². The van der Waals surface area contributed by atoms with E-state index in [1.165, 1.54) is 14.2 Å². The van der Waals surface area contributed by atoms with Gasteiger partial charge in [0.2, 0.25) is 5.75 Å². The average molecular weight is 352 g/mol. The molecule has 3 rings (SSSR count). The second-order valence-corrected chi connectivity index (χ2v) is 5.84. The predicted molar refractivity (Wildman–Crippen MR) is 99.8 cm³/mol. The number of hydrogen-bond acceptors (Lipinski definition) is 6. The molecule has 0 amide bonds. The molecule has 0 aromatic heterocycles. The van der Waals surface area contributed by atoms with E-state index in [4.69, 9.17) is 9.47 Å². The van der Waals surface area contributed by atoms with Crippen molar-refractivity contribution < 1.29 is 19.4 Å². The largest absolute Gasteiger partial charge is 0.502 e. The highest BCUT2D eigenvalue weighted by molar-refractivity contribution is 6.03. The Labute approximate surface area is 152 Å². The molecule has 1 aliphatic heterocycles. The fourth-order valence-electron chi connectivity index (χ4n) is 2.90. The molecule has 1 aliphatic rings. The number of aldehydes is 1. The van der Waals surface area contributed by atoms with Crippen molar-refractivity contribution in [2.24, 2.45) is 4.99 Å². The number of phenols is 1. The summed E-state index contributed by atoms with van der Waals surface area (Å²) in [6.07, 6.45) is 2.65. The molecule has 0 radical (unpaired) electrons. The summed E-state index contributed by atoms with van der Waals surface area (Å²) in [5.41, 5.74) is 2.26. The summed E-state index contributed by atoms with van der Waals surface area (Å²) < 4.78 is 10.4. The molecule has 0 saturated carbocycles. The molecule has 0 bridgehead atoms. The lowest BCUT2D eigenvalue weighted by atomic mass is 10.1. The summed E-state index contributed by atoms with van der Waals surface area (Å²) >= 11 is 0. The van der Waals surface area contributed by atoms with E-state index in [-0.39, 0.29) is 17.2 Å². The second kappa shape index (κ2) is 7.31. The molecule has 0 saturated heterocycles. The van der Waals surface area contributed by atoms with Gasteiger partial charge in [-0.3, -0.25) is 0 Å². The van der Waals surface area contributed by atoms with Crippen molar-refractivity contribution in [3.8, 4) is 17.2 Å². The number of phenolic OH excluding ortho intramolecular Hbond substituents is 1. The Balaban J connectivity index is 2.07. The molecule has 1 unspecified atom stereocenters. The first-order valence-corrected chi connectivity index (χ1v) is 8.08. The van der Waals surface area contributed by atoms with Crippen LogP contribution in [0.15, 0.2) is 53.2 Å². The van der Waals surface area contributed by atoms with Gasteiger partial charge in [0.15, 0.2) is 11.5 Å². The van der Waals surface area contributed by atoms with Gasteiger partial charge in [-0.05, 0) is 23.8 Å². The van der Waals surface area contributed by atoms with Crippen molar-refractivity contribution >= 4 is 18.2 Å². The van der Waals surface area contributed by atoms with Gasteiger partial charge >= 0.3 is 0 Å². The molecule has 134 valence electrons. The third-order valence-corrected chi connectivity index (χ3v) is 4.27. The molecular weight excluding hydrogens is 332 g/mol. The maximum absolute atomic E-state index is 11.7. The van der Waals surface area contributed by atoms with E-state index < -0.39 is 6.04 Å². The van der Waals surface area contributed by atoms with Crippen LogP contribution in [0.5, 0.6) is 17.2 Å². The molecule has 6 heteroatoms. The molecule has 26 heavy (non-hydrogen) atoms. The highest BCUT2D eigenvalue weighted by atomic mass is 16.5. The summed E-state index contributed by atoms with van der Waals surface area (Å²) in [7, 11) is 4.77. The SMILES string of the molecule is COc1cc(C=C2N=C(c3ccccc3)N(C)C2C=O)cc(OC)c1O. The van der Waals surface area contributed by atoms with E-state index in [1.54, 1.807) is 18.2 Å². The van der Waals surface area contributed by atoms with Gasteiger partial charge in [-0.25, -0.2) is 4.99 Å². The Bertz CT molecular complexity index is 850. The molecule has 6 nitrogen and oxygen atoms in total. The average Bonchev–Trinajstić information content (AvgIpc) is 2.98. The zero-order valence-corrected chi connectivity index (χ0v) is 14.8. The molecule has 0 aliphatic carbocycles. The normalized spacial score (nSPS) is 18.0. The maximum atomic E-state index is 11.7. The molecule has 1 N–H and O–H groups in total. The van der Waals surface area contributed by atoms with Crippen LogP contribution in [-0.4, -0.2) is 49.4 Å². The summed E-state index contributed by atoms with van der Waals surface area (Å²) in [6.45, 7) is 0. The first kappa shape index (κ1) is 17.5. The minimum atomic E-state index is -0.490. The van der Waals surface area contributed by atoms with Gasteiger partial charge in [-0.1, -0.05) is 30.3 Å². The first-order valence-electron chi connectivity index (χ1n) is 8.08. The van der Waals surface area contributed by atoms with E-state index in [2.05, 4.69) is 4.99 Å². The van der Waals surface area contributed by atoms with Crippen LogP contribution in [-0.2, 0) is 4.79 Å². The van der Waals surface area contributed by atoms with Gasteiger partial charge in [0.05, 0.1) is 19.9 Å². The standard InChI is InChI=1S/C20H20N2O4/c1-22-16(12-23)15(21-20(22)14-7-5-4-6-8-14)9-13-10-17(25-2)19(24)18(11-13)26-3/h4-12,16,24H,1-3H3. The number of hydrogen-bond donors (Lipinski definition) is 1.